The van der Waals surface area contributed by atoms with Crippen LogP contribution in [-0.4, -0.2) is 20.2 Å². The highest BCUT2D eigenvalue weighted by Gasteiger charge is 1.99. The molecule has 2 aromatic rings. The number of aromatic amines is 1. The fourth-order valence-corrected chi connectivity index (χ4v) is 1.61. The minimum atomic E-state index is 0.466. The van der Waals surface area contributed by atoms with E-state index in [1.54, 1.807) is 6.20 Å². The van der Waals surface area contributed by atoms with Crippen LogP contribution in [0.2, 0.25) is 0 Å². The predicted octanol–water partition coefficient (Wildman–Crippen LogP) is 0.810. The van der Waals surface area contributed by atoms with Crippen molar-refractivity contribution in [2.75, 3.05) is 0 Å². The second-order valence-electron chi connectivity index (χ2n) is 2.58. The summed E-state index contributed by atoms with van der Waals surface area (Å²) in [6.45, 7) is 0.466. The monoisotopic (exact) mass is 207 g/mol. The molecular formula is C8H9N5S. The topological polar surface area (TPSA) is 80.5 Å². The Hall–Kier alpha value is -1.40. The van der Waals surface area contributed by atoms with Gasteiger partial charge in [0.25, 0.3) is 0 Å². The molecule has 0 amide bonds. The van der Waals surface area contributed by atoms with Crippen LogP contribution >= 0.6 is 11.8 Å². The van der Waals surface area contributed by atoms with Crippen LogP contribution in [0.1, 0.15) is 5.69 Å². The number of nitrogens with two attached hydrogens (primary N) is 1. The molecule has 2 heterocycles. The van der Waals surface area contributed by atoms with E-state index in [1.165, 1.54) is 18.1 Å². The number of nitrogens with zero attached hydrogens (tertiary/aromatic N) is 3. The Labute approximate surface area is 85.2 Å². The average Bonchev–Trinajstić information content (AvgIpc) is 2.72. The second-order valence-corrected chi connectivity index (χ2v) is 3.64. The molecule has 0 bridgehead atoms. The van der Waals surface area contributed by atoms with Gasteiger partial charge in [0.05, 0.1) is 5.69 Å². The van der Waals surface area contributed by atoms with Crippen LogP contribution in [0.25, 0.3) is 0 Å². The van der Waals surface area contributed by atoms with Crippen LogP contribution in [-0.2, 0) is 6.54 Å². The molecule has 2 aromatic heterocycles. The first-order valence-corrected chi connectivity index (χ1v) is 4.88. The molecule has 6 heteroatoms. The number of nitrogens with one attached hydrogen (secondary N) is 1. The Balaban J connectivity index is 2.10. The van der Waals surface area contributed by atoms with Gasteiger partial charge in [0.15, 0.2) is 5.16 Å². The Kier molecular flexibility index (Phi) is 2.76. The smallest absolute Gasteiger partial charge is 0.188 e. The molecule has 0 aromatic carbocycles. The molecule has 0 unspecified atom stereocenters. The summed E-state index contributed by atoms with van der Waals surface area (Å²) in [5, 5.41) is 7.28. The van der Waals surface area contributed by atoms with Crippen molar-refractivity contribution in [2.24, 2.45) is 5.73 Å². The van der Waals surface area contributed by atoms with Crippen molar-refractivity contribution in [2.45, 2.75) is 16.6 Å². The molecule has 2 rings (SSSR count). The number of H-pyrrole nitrogens is 1. The maximum absolute atomic E-state index is 5.44. The number of pyridine rings is 1. The molecule has 0 spiro atoms. The van der Waals surface area contributed by atoms with Gasteiger partial charge >= 0.3 is 0 Å². The van der Waals surface area contributed by atoms with E-state index in [0.29, 0.717) is 6.54 Å². The maximum Gasteiger partial charge on any atom is 0.188 e. The van der Waals surface area contributed by atoms with Crippen molar-refractivity contribution < 1.29 is 0 Å². The van der Waals surface area contributed by atoms with Gasteiger partial charge < -0.3 is 5.73 Å². The molecule has 0 saturated carbocycles. The first-order chi connectivity index (χ1) is 6.88. The predicted molar refractivity (Wildman–Crippen MR) is 52.6 cm³/mol. The highest BCUT2D eigenvalue weighted by Crippen LogP contribution is 2.22. The largest absolute Gasteiger partial charge is 0.325 e. The van der Waals surface area contributed by atoms with Gasteiger partial charge in [0, 0.05) is 17.6 Å². The lowest BCUT2D eigenvalue weighted by Gasteiger charge is -1.98. The first-order valence-electron chi connectivity index (χ1n) is 4.06. The summed E-state index contributed by atoms with van der Waals surface area (Å²) < 4.78 is 0. The Morgan fingerprint density at radius 3 is 2.86 bits per heavy atom. The summed E-state index contributed by atoms with van der Waals surface area (Å²) in [6.07, 6.45) is 3.25. The Morgan fingerprint density at radius 2 is 2.29 bits per heavy atom. The highest BCUT2D eigenvalue weighted by molar-refractivity contribution is 7.99. The molecular weight excluding hydrogens is 198 g/mol. The van der Waals surface area contributed by atoms with Gasteiger partial charge in [-0.05, 0) is 23.9 Å². The number of rotatable bonds is 3. The maximum atomic E-state index is 5.44. The van der Waals surface area contributed by atoms with Gasteiger partial charge in [-0.25, -0.2) is 4.98 Å². The van der Waals surface area contributed by atoms with Crippen LogP contribution in [0.5, 0.6) is 0 Å². The van der Waals surface area contributed by atoms with Crippen molar-refractivity contribution in [1.82, 2.24) is 20.2 Å². The Bertz CT molecular complexity index is 383. The van der Waals surface area contributed by atoms with E-state index in [-0.39, 0.29) is 0 Å². The Morgan fingerprint density at radius 1 is 1.36 bits per heavy atom. The molecule has 0 fully saturated rings. The van der Waals surface area contributed by atoms with E-state index >= 15 is 0 Å². The summed E-state index contributed by atoms with van der Waals surface area (Å²) in [5.74, 6) is 0. The van der Waals surface area contributed by atoms with Crippen LogP contribution in [0.3, 0.4) is 0 Å². The average molecular weight is 207 g/mol. The summed E-state index contributed by atoms with van der Waals surface area (Å²) >= 11 is 1.48. The van der Waals surface area contributed by atoms with Gasteiger partial charge in [-0.2, -0.15) is 5.10 Å². The lowest BCUT2D eigenvalue weighted by Crippen LogP contribution is -1.98. The van der Waals surface area contributed by atoms with Crippen LogP contribution in [0.15, 0.2) is 34.7 Å². The van der Waals surface area contributed by atoms with E-state index in [2.05, 4.69) is 20.2 Å². The molecule has 0 radical (unpaired) electrons. The van der Waals surface area contributed by atoms with Gasteiger partial charge in [0.2, 0.25) is 0 Å². The minimum absolute atomic E-state index is 0.466. The van der Waals surface area contributed by atoms with Gasteiger partial charge in [-0.1, -0.05) is 0 Å². The normalized spacial score (nSPS) is 10.4. The van der Waals surface area contributed by atoms with E-state index < -0.39 is 0 Å². The molecule has 0 saturated heterocycles. The van der Waals surface area contributed by atoms with Gasteiger partial charge in [-0.15, -0.1) is 0 Å². The summed E-state index contributed by atoms with van der Waals surface area (Å²) in [4.78, 5) is 9.18. The van der Waals surface area contributed by atoms with Gasteiger partial charge in [-0.3, -0.25) is 10.1 Å². The van der Waals surface area contributed by atoms with Crippen LogP contribution < -0.4 is 5.73 Å². The fourth-order valence-electron chi connectivity index (χ4n) is 0.947. The third-order valence-electron chi connectivity index (χ3n) is 1.61. The molecule has 5 nitrogen and oxygen atoms in total. The third-order valence-corrected chi connectivity index (χ3v) is 2.48. The molecule has 0 aliphatic rings. The summed E-state index contributed by atoms with van der Waals surface area (Å²) in [5.41, 5.74) is 6.32. The number of aromatic nitrogens is 4. The second kappa shape index (κ2) is 4.21. The lowest BCUT2D eigenvalue weighted by molar-refractivity contribution is 0.962. The van der Waals surface area contributed by atoms with Crippen molar-refractivity contribution >= 4 is 11.8 Å². The van der Waals surface area contributed by atoms with E-state index in [1.807, 2.05) is 12.1 Å². The summed E-state index contributed by atoms with van der Waals surface area (Å²) in [7, 11) is 0. The lowest BCUT2D eigenvalue weighted by atomic mass is 10.4. The quantitative estimate of drug-likeness (QED) is 0.778. The van der Waals surface area contributed by atoms with Crippen LogP contribution in [0, 0.1) is 0 Å². The molecule has 0 atom stereocenters. The van der Waals surface area contributed by atoms with Crippen molar-refractivity contribution in [3.63, 3.8) is 0 Å². The van der Waals surface area contributed by atoms with E-state index in [9.17, 15) is 0 Å². The minimum Gasteiger partial charge on any atom is -0.325 e. The van der Waals surface area contributed by atoms with Crippen molar-refractivity contribution in [1.29, 1.82) is 0 Å². The fraction of sp³-hybridized carbons (Fsp3) is 0.125. The third kappa shape index (κ3) is 2.09. The zero-order valence-corrected chi connectivity index (χ0v) is 8.16. The van der Waals surface area contributed by atoms with Crippen LogP contribution in [0.4, 0.5) is 0 Å². The summed E-state index contributed by atoms with van der Waals surface area (Å²) in [6, 6.07) is 3.86. The zero-order valence-electron chi connectivity index (χ0n) is 7.34. The number of hydrogen-bond acceptors (Lipinski definition) is 5. The zero-order chi connectivity index (χ0) is 9.80. The molecule has 72 valence electrons. The van der Waals surface area contributed by atoms with Crippen molar-refractivity contribution in [3.05, 3.63) is 30.4 Å². The SMILES string of the molecule is NCc1ccc(Sc2ncn[nH]2)cn1. The highest BCUT2D eigenvalue weighted by atomic mass is 32.2. The van der Waals surface area contributed by atoms with Gasteiger partial charge in [0.1, 0.15) is 6.33 Å². The van der Waals surface area contributed by atoms with Crippen molar-refractivity contribution in [3.8, 4) is 0 Å². The molecule has 0 aliphatic heterocycles. The molecule has 3 N–H and O–H groups in total. The molecule has 14 heavy (non-hydrogen) atoms. The first kappa shape index (κ1) is 9.17. The number of hydrogen-bond donors (Lipinski definition) is 2. The van der Waals surface area contributed by atoms with E-state index in [0.717, 1.165) is 15.7 Å². The van der Waals surface area contributed by atoms with E-state index in [4.69, 9.17) is 5.73 Å². The molecule has 0 aliphatic carbocycles. The standard InChI is InChI=1S/C8H9N5S/c9-3-6-1-2-7(4-10-6)14-8-11-5-12-13-8/h1-2,4-5H,3,9H2,(H,11,12,13).